The Morgan fingerprint density at radius 2 is 2.15 bits per heavy atom. The van der Waals surface area contributed by atoms with Crippen LogP contribution in [-0.2, 0) is 7.05 Å². The molecule has 0 fully saturated rings. The Morgan fingerprint density at radius 1 is 1.30 bits per heavy atom. The maximum atomic E-state index is 12.3. The molecule has 0 aliphatic heterocycles. The average molecular weight is 267 g/mol. The molecule has 2 aromatic heterocycles. The lowest BCUT2D eigenvalue weighted by molar-refractivity contribution is 0.101. The largest absolute Gasteiger partial charge is 0.396 e. The number of anilines is 2. The number of nitrogens with zero attached hydrogens (tertiary/aromatic N) is 3. The van der Waals surface area contributed by atoms with E-state index in [0.29, 0.717) is 17.1 Å². The van der Waals surface area contributed by atoms with Crippen LogP contribution in [-0.4, -0.2) is 20.7 Å². The van der Waals surface area contributed by atoms with Crippen LogP contribution in [0.5, 0.6) is 0 Å². The topological polar surface area (TPSA) is 85.8 Å². The third-order valence-electron chi connectivity index (χ3n) is 3.11. The molecule has 100 valence electrons. The van der Waals surface area contributed by atoms with Crippen molar-refractivity contribution in [3.05, 3.63) is 48.5 Å². The summed E-state index contributed by atoms with van der Waals surface area (Å²) >= 11 is 0. The monoisotopic (exact) mass is 267 g/mol. The SMILES string of the molecule is Cn1ncc(N)c1C(=O)Nc1cccc2ccncc12. The van der Waals surface area contributed by atoms with Crippen LogP contribution in [0.15, 0.2) is 42.9 Å². The van der Waals surface area contributed by atoms with Crippen LogP contribution in [0, 0.1) is 0 Å². The minimum absolute atomic E-state index is 0.293. The van der Waals surface area contributed by atoms with Gasteiger partial charge in [-0.05, 0) is 17.5 Å². The number of fused-ring (bicyclic) bond motifs is 1. The van der Waals surface area contributed by atoms with Gasteiger partial charge in [0.2, 0.25) is 0 Å². The van der Waals surface area contributed by atoms with Crippen molar-refractivity contribution in [2.45, 2.75) is 0 Å². The second kappa shape index (κ2) is 4.65. The van der Waals surface area contributed by atoms with Gasteiger partial charge in [0, 0.05) is 24.8 Å². The van der Waals surface area contributed by atoms with Gasteiger partial charge in [-0.3, -0.25) is 14.5 Å². The van der Waals surface area contributed by atoms with Gasteiger partial charge in [-0.15, -0.1) is 0 Å². The molecule has 6 heteroatoms. The van der Waals surface area contributed by atoms with Gasteiger partial charge >= 0.3 is 0 Å². The van der Waals surface area contributed by atoms with E-state index in [0.717, 1.165) is 10.8 Å². The molecular formula is C14H13N5O. The summed E-state index contributed by atoms with van der Waals surface area (Å²) in [5.41, 5.74) is 7.14. The van der Waals surface area contributed by atoms with E-state index in [9.17, 15) is 4.79 Å². The van der Waals surface area contributed by atoms with E-state index in [1.807, 2.05) is 24.3 Å². The Hall–Kier alpha value is -2.89. The Labute approximate surface area is 115 Å². The van der Waals surface area contributed by atoms with Crippen molar-refractivity contribution < 1.29 is 4.79 Å². The minimum Gasteiger partial charge on any atom is -0.396 e. The Bertz CT molecular complexity index is 768. The van der Waals surface area contributed by atoms with Gasteiger partial charge in [-0.2, -0.15) is 5.10 Å². The minimum atomic E-state index is -0.293. The number of nitrogens with one attached hydrogen (secondary N) is 1. The highest BCUT2D eigenvalue weighted by Gasteiger charge is 2.15. The van der Waals surface area contributed by atoms with E-state index in [2.05, 4.69) is 15.4 Å². The normalized spacial score (nSPS) is 10.7. The number of carbonyl (C=O) groups excluding carboxylic acids is 1. The second-order valence-electron chi connectivity index (χ2n) is 4.43. The van der Waals surface area contributed by atoms with E-state index >= 15 is 0 Å². The van der Waals surface area contributed by atoms with Gasteiger partial charge < -0.3 is 11.1 Å². The van der Waals surface area contributed by atoms with Crippen LogP contribution in [0.2, 0.25) is 0 Å². The van der Waals surface area contributed by atoms with E-state index in [1.54, 1.807) is 19.4 Å². The number of amides is 1. The molecule has 3 rings (SSSR count). The number of benzene rings is 1. The maximum absolute atomic E-state index is 12.3. The lowest BCUT2D eigenvalue weighted by Crippen LogP contribution is -2.17. The smallest absolute Gasteiger partial charge is 0.276 e. The van der Waals surface area contributed by atoms with Crippen molar-refractivity contribution in [3.8, 4) is 0 Å². The molecule has 0 saturated heterocycles. The highest BCUT2D eigenvalue weighted by molar-refractivity contribution is 6.10. The second-order valence-corrected chi connectivity index (χ2v) is 4.43. The van der Waals surface area contributed by atoms with Gasteiger partial charge in [0.05, 0.1) is 17.6 Å². The molecule has 0 bridgehead atoms. The highest BCUT2D eigenvalue weighted by atomic mass is 16.2. The molecule has 0 unspecified atom stereocenters. The summed E-state index contributed by atoms with van der Waals surface area (Å²) in [6.07, 6.45) is 4.89. The number of nitrogen functional groups attached to an aromatic ring is 1. The predicted octanol–water partition coefficient (Wildman–Crippen LogP) is 1.80. The molecule has 0 radical (unpaired) electrons. The molecule has 3 N–H and O–H groups in total. The molecule has 0 saturated carbocycles. The Morgan fingerprint density at radius 3 is 2.90 bits per heavy atom. The highest BCUT2D eigenvalue weighted by Crippen LogP contribution is 2.23. The van der Waals surface area contributed by atoms with E-state index in [4.69, 9.17) is 5.73 Å². The number of aryl methyl sites for hydroxylation is 1. The summed E-state index contributed by atoms with van der Waals surface area (Å²) in [7, 11) is 1.68. The van der Waals surface area contributed by atoms with Crippen molar-refractivity contribution in [1.29, 1.82) is 0 Å². The molecular weight excluding hydrogens is 254 g/mol. The molecule has 1 amide bonds. The molecule has 3 aromatic rings. The first kappa shape index (κ1) is 12.2. The fourth-order valence-corrected chi connectivity index (χ4v) is 2.14. The van der Waals surface area contributed by atoms with E-state index in [-0.39, 0.29) is 5.91 Å². The summed E-state index contributed by atoms with van der Waals surface area (Å²) in [6.45, 7) is 0. The van der Waals surface area contributed by atoms with Crippen LogP contribution in [0.25, 0.3) is 10.8 Å². The Kier molecular flexibility index (Phi) is 2.83. The van der Waals surface area contributed by atoms with E-state index < -0.39 is 0 Å². The number of hydrogen-bond acceptors (Lipinski definition) is 4. The average Bonchev–Trinajstić information content (AvgIpc) is 2.78. The molecule has 0 aliphatic carbocycles. The van der Waals surface area contributed by atoms with E-state index in [1.165, 1.54) is 10.9 Å². The molecule has 0 aliphatic rings. The molecule has 20 heavy (non-hydrogen) atoms. The Balaban J connectivity index is 2.00. The first-order valence-electron chi connectivity index (χ1n) is 6.08. The summed E-state index contributed by atoms with van der Waals surface area (Å²) < 4.78 is 1.45. The van der Waals surface area contributed by atoms with Crippen molar-refractivity contribution in [2.24, 2.45) is 7.05 Å². The molecule has 1 aromatic carbocycles. The fraction of sp³-hybridized carbons (Fsp3) is 0.0714. The van der Waals surface area contributed by atoms with Crippen LogP contribution in [0.3, 0.4) is 0 Å². The van der Waals surface area contributed by atoms with Crippen LogP contribution in [0.1, 0.15) is 10.5 Å². The standard InChI is InChI=1S/C14H13N5O/c1-19-13(11(15)8-17-19)14(20)18-12-4-2-3-9-5-6-16-7-10(9)12/h2-8H,15H2,1H3,(H,18,20). The lowest BCUT2D eigenvalue weighted by Gasteiger charge is -2.09. The third-order valence-corrected chi connectivity index (χ3v) is 3.11. The van der Waals surface area contributed by atoms with Gasteiger partial charge in [-0.1, -0.05) is 12.1 Å². The van der Waals surface area contributed by atoms with Crippen LogP contribution in [0.4, 0.5) is 11.4 Å². The number of rotatable bonds is 2. The summed E-state index contributed by atoms with van der Waals surface area (Å²) in [5.74, 6) is -0.293. The maximum Gasteiger partial charge on any atom is 0.276 e. The number of nitrogens with two attached hydrogens (primary N) is 1. The van der Waals surface area contributed by atoms with Gasteiger partial charge in [-0.25, -0.2) is 0 Å². The third kappa shape index (κ3) is 1.97. The quantitative estimate of drug-likeness (QED) is 0.741. The van der Waals surface area contributed by atoms with Crippen molar-refractivity contribution in [1.82, 2.24) is 14.8 Å². The van der Waals surface area contributed by atoms with Gasteiger partial charge in [0.25, 0.3) is 5.91 Å². The van der Waals surface area contributed by atoms with Crippen molar-refractivity contribution >= 4 is 28.1 Å². The molecule has 0 spiro atoms. The summed E-state index contributed by atoms with van der Waals surface area (Å²) in [4.78, 5) is 16.4. The fourth-order valence-electron chi connectivity index (χ4n) is 2.14. The zero-order valence-corrected chi connectivity index (χ0v) is 10.9. The molecule has 0 atom stereocenters. The molecule has 6 nitrogen and oxygen atoms in total. The van der Waals surface area contributed by atoms with Crippen LogP contribution >= 0.6 is 0 Å². The zero-order valence-electron chi connectivity index (χ0n) is 10.9. The first-order valence-corrected chi connectivity index (χ1v) is 6.08. The van der Waals surface area contributed by atoms with Gasteiger partial charge in [0.1, 0.15) is 5.69 Å². The number of hydrogen-bond donors (Lipinski definition) is 2. The number of aromatic nitrogens is 3. The molecule has 2 heterocycles. The predicted molar refractivity (Wildman–Crippen MR) is 77.3 cm³/mol. The lowest BCUT2D eigenvalue weighted by atomic mass is 10.1. The van der Waals surface area contributed by atoms with Crippen molar-refractivity contribution in [3.63, 3.8) is 0 Å². The summed E-state index contributed by atoms with van der Waals surface area (Å²) in [5, 5.41) is 8.70. The van der Waals surface area contributed by atoms with Crippen LogP contribution < -0.4 is 11.1 Å². The first-order chi connectivity index (χ1) is 9.66. The number of pyridine rings is 1. The van der Waals surface area contributed by atoms with Gasteiger partial charge in [0.15, 0.2) is 0 Å². The summed E-state index contributed by atoms with van der Waals surface area (Å²) in [6, 6.07) is 7.56. The number of carbonyl (C=O) groups is 1. The zero-order chi connectivity index (χ0) is 14.1. The van der Waals surface area contributed by atoms with Crippen molar-refractivity contribution in [2.75, 3.05) is 11.1 Å².